The van der Waals surface area contributed by atoms with Crippen molar-refractivity contribution in [3.05, 3.63) is 47.3 Å². The molecule has 1 fully saturated rings. The van der Waals surface area contributed by atoms with E-state index in [1.807, 2.05) is 37.4 Å². The first-order valence-corrected chi connectivity index (χ1v) is 9.14. The van der Waals surface area contributed by atoms with Crippen molar-refractivity contribution in [3.63, 3.8) is 0 Å². The van der Waals surface area contributed by atoms with Gasteiger partial charge in [-0.2, -0.15) is 0 Å². The summed E-state index contributed by atoms with van der Waals surface area (Å²) in [6, 6.07) is 10.2. The van der Waals surface area contributed by atoms with E-state index in [-0.39, 0.29) is 5.91 Å². The Kier molecular flexibility index (Phi) is 5.16. The molecule has 1 saturated carbocycles. The lowest BCUT2D eigenvalue weighted by Crippen LogP contribution is -2.27. The maximum atomic E-state index is 13.1. The molecule has 1 aliphatic carbocycles. The summed E-state index contributed by atoms with van der Waals surface area (Å²) in [5, 5.41) is 0. The Balaban J connectivity index is 1.92. The minimum Gasteiger partial charge on any atom is -0.495 e. The van der Waals surface area contributed by atoms with Gasteiger partial charge in [-0.3, -0.25) is 4.79 Å². The van der Waals surface area contributed by atoms with Crippen molar-refractivity contribution in [2.75, 3.05) is 19.1 Å². The quantitative estimate of drug-likeness (QED) is 0.794. The molecule has 1 heterocycles. The van der Waals surface area contributed by atoms with Crippen molar-refractivity contribution in [1.29, 1.82) is 0 Å². The average molecular weight is 340 g/mol. The number of aromatic nitrogens is 1. The van der Waals surface area contributed by atoms with Gasteiger partial charge in [0.15, 0.2) is 0 Å². The smallest absolute Gasteiger partial charge is 0.259 e. The van der Waals surface area contributed by atoms with Crippen molar-refractivity contribution in [2.45, 2.75) is 52.0 Å². The molecule has 0 bridgehead atoms. The molecule has 1 amide bonds. The van der Waals surface area contributed by atoms with Crippen molar-refractivity contribution >= 4 is 11.6 Å². The number of benzene rings is 1. The summed E-state index contributed by atoms with van der Waals surface area (Å²) in [6.45, 7) is 4.19. The topological polar surface area (TPSA) is 34.5 Å². The Morgan fingerprint density at radius 1 is 1.16 bits per heavy atom. The highest BCUT2D eigenvalue weighted by Crippen LogP contribution is 2.33. The van der Waals surface area contributed by atoms with E-state index < -0.39 is 0 Å². The highest BCUT2D eigenvalue weighted by atomic mass is 16.5. The zero-order chi connectivity index (χ0) is 18.0. The van der Waals surface area contributed by atoms with Gasteiger partial charge in [0.1, 0.15) is 5.75 Å². The van der Waals surface area contributed by atoms with E-state index in [9.17, 15) is 4.79 Å². The summed E-state index contributed by atoms with van der Waals surface area (Å²) >= 11 is 0. The standard InChI is InChI=1S/C21H28N2O2/c1-15-14-18(16(2)23(15)17-10-6-5-7-11-17)21(24)22(3)19-12-8-9-13-20(19)25-4/h8-9,12-14,17H,5-7,10-11H2,1-4H3. The van der Waals surface area contributed by atoms with Crippen LogP contribution in [0.2, 0.25) is 0 Å². The summed E-state index contributed by atoms with van der Waals surface area (Å²) in [7, 11) is 3.44. The molecule has 4 nitrogen and oxygen atoms in total. The van der Waals surface area contributed by atoms with Gasteiger partial charge in [-0.05, 0) is 44.9 Å². The average Bonchev–Trinajstić information content (AvgIpc) is 2.95. The summed E-state index contributed by atoms with van der Waals surface area (Å²) in [6.07, 6.45) is 6.33. The second-order valence-corrected chi connectivity index (χ2v) is 6.98. The predicted molar refractivity (Wildman–Crippen MR) is 102 cm³/mol. The molecule has 1 aromatic heterocycles. The third-order valence-electron chi connectivity index (χ3n) is 5.41. The first-order chi connectivity index (χ1) is 12.0. The molecule has 0 saturated heterocycles. The van der Waals surface area contributed by atoms with Gasteiger partial charge >= 0.3 is 0 Å². The normalized spacial score (nSPS) is 15.2. The van der Waals surface area contributed by atoms with Gasteiger partial charge in [-0.25, -0.2) is 0 Å². The molecule has 134 valence electrons. The highest BCUT2D eigenvalue weighted by Gasteiger charge is 2.25. The fourth-order valence-electron chi connectivity index (χ4n) is 4.09. The lowest BCUT2D eigenvalue weighted by Gasteiger charge is -2.26. The van der Waals surface area contributed by atoms with Crippen LogP contribution in [0.4, 0.5) is 5.69 Å². The molecule has 2 aromatic rings. The van der Waals surface area contributed by atoms with Crippen LogP contribution in [0.3, 0.4) is 0 Å². The third kappa shape index (κ3) is 3.30. The maximum absolute atomic E-state index is 13.1. The van der Waals surface area contributed by atoms with Crippen LogP contribution in [0.15, 0.2) is 30.3 Å². The lowest BCUT2D eigenvalue weighted by atomic mass is 9.95. The largest absolute Gasteiger partial charge is 0.495 e. The SMILES string of the molecule is COc1ccccc1N(C)C(=O)c1cc(C)n(C2CCCCC2)c1C. The Bertz CT molecular complexity index is 757. The number of aryl methyl sites for hydroxylation is 1. The molecule has 25 heavy (non-hydrogen) atoms. The molecular formula is C21H28N2O2. The van der Waals surface area contributed by atoms with Crippen LogP contribution in [0.1, 0.15) is 59.9 Å². The first-order valence-electron chi connectivity index (χ1n) is 9.14. The van der Waals surface area contributed by atoms with Gasteiger partial charge < -0.3 is 14.2 Å². The fourth-order valence-corrected chi connectivity index (χ4v) is 4.09. The number of amides is 1. The molecule has 3 rings (SSSR count). The van der Waals surface area contributed by atoms with Crippen LogP contribution in [-0.2, 0) is 0 Å². The Hall–Kier alpha value is -2.23. The molecule has 0 N–H and O–H groups in total. The Labute approximate surface area is 150 Å². The Morgan fingerprint density at radius 2 is 1.84 bits per heavy atom. The van der Waals surface area contributed by atoms with Crippen molar-refractivity contribution < 1.29 is 9.53 Å². The summed E-state index contributed by atoms with van der Waals surface area (Å²) in [5.41, 5.74) is 3.84. The second kappa shape index (κ2) is 7.34. The molecule has 1 aliphatic rings. The number of nitrogens with zero attached hydrogens (tertiary/aromatic N) is 2. The number of para-hydroxylation sites is 2. The summed E-state index contributed by atoms with van der Waals surface area (Å²) in [4.78, 5) is 14.8. The maximum Gasteiger partial charge on any atom is 0.259 e. The van der Waals surface area contributed by atoms with Gasteiger partial charge in [0.2, 0.25) is 0 Å². The number of methoxy groups -OCH3 is 1. The summed E-state index contributed by atoms with van der Waals surface area (Å²) in [5.74, 6) is 0.721. The van der Waals surface area contributed by atoms with E-state index in [4.69, 9.17) is 4.74 Å². The zero-order valence-corrected chi connectivity index (χ0v) is 15.7. The highest BCUT2D eigenvalue weighted by molar-refractivity contribution is 6.07. The van der Waals surface area contributed by atoms with E-state index in [0.717, 1.165) is 16.9 Å². The molecule has 4 heteroatoms. The number of rotatable bonds is 4. The van der Waals surface area contributed by atoms with E-state index in [1.165, 1.54) is 37.8 Å². The monoisotopic (exact) mass is 340 g/mol. The molecule has 1 aromatic carbocycles. The van der Waals surface area contributed by atoms with E-state index >= 15 is 0 Å². The van der Waals surface area contributed by atoms with Gasteiger partial charge in [0.05, 0.1) is 18.4 Å². The third-order valence-corrected chi connectivity index (χ3v) is 5.41. The Morgan fingerprint density at radius 3 is 2.52 bits per heavy atom. The van der Waals surface area contributed by atoms with Gasteiger partial charge in [-0.1, -0.05) is 31.4 Å². The zero-order valence-electron chi connectivity index (χ0n) is 15.7. The number of hydrogen-bond donors (Lipinski definition) is 0. The van der Waals surface area contributed by atoms with E-state index in [2.05, 4.69) is 18.4 Å². The van der Waals surface area contributed by atoms with Crippen LogP contribution in [-0.4, -0.2) is 24.6 Å². The van der Waals surface area contributed by atoms with Crippen LogP contribution in [0, 0.1) is 13.8 Å². The minimum absolute atomic E-state index is 0.0136. The number of carbonyl (C=O) groups is 1. The van der Waals surface area contributed by atoms with E-state index in [1.54, 1.807) is 12.0 Å². The number of carbonyl (C=O) groups excluding carboxylic acids is 1. The van der Waals surface area contributed by atoms with Crippen molar-refractivity contribution in [2.24, 2.45) is 0 Å². The second-order valence-electron chi connectivity index (χ2n) is 6.98. The number of anilines is 1. The fraction of sp³-hybridized carbons (Fsp3) is 0.476. The van der Waals surface area contributed by atoms with Crippen LogP contribution >= 0.6 is 0 Å². The molecular weight excluding hydrogens is 312 g/mol. The summed E-state index contributed by atoms with van der Waals surface area (Å²) < 4.78 is 7.79. The number of hydrogen-bond acceptors (Lipinski definition) is 2. The molecule has 0 spiro atoms. The van der Waals surface area contributed by atoms with Gasteiger partial charge in [0.25, 0.3) is 5.91 Å². The van der Waals surface area contributed by atoms with E-state index in [0.29, 0.717) is 11.8 Å². The van der Waals surface area contributed by atoms with Crippen molar-refractivity contribution in [1.82, 2.24) is 4.57 Å². The van der Waals surface area contributed by atoms with Gasteiger partial charge in [0, 0.05) is 24.5 Å². The van der Waals surface area contributed by atoms with Crippen LogP contribution < -0.4 is 9.64 Å². The molecule has 0 atom stereocenters. The van der Waals surface area contributed by atoms with Gasteiger partial charge in [-0.15, -0.1) is 0 Å². The molecule has 0 aliphatic heterocycles. The first kappa shape index (κ1) is 17.6. The molecule has 0 unspecified atom stereocenters. The van der Waals surface area contributed by atoms with Crippen LogP contribution in [0.5, 0.6) is 5.75 Å². The van der Waals surface area contributed by atoms with Crippen LogP contribution in [0.25, 0.3) is 0 Å². The molecule has 0 radical (unpaired) electrons. The minimum atomic E-state index is 0.0136. The lowest BCUT2D eigenvalue weighted by molar-refractivity contribution is 0.0991. The van der Waals surface area contributed by atoms with Crippen molar-refractivity contribution in [3.8, 4) is 5.75 Å². The predicted octanol–water partition coefficient (Wildman–Crippen LogP) is 4.90. The number of ether oxygens (including phenoxy) is 1.